The Hall–Kier alpha value is -1.62. The summed E-state index contributed by atoms with van der Waals surface area (Å²) in [6, 6.07) is 0. The molecule has 0 saturated carbocycles. The maximum absolute atomic E-state index is 11.2. The first-order valence-corrected chi connectivity index (χ1v) is 4.33. The second-order valence-corrected chi connectivity index (χ2v) is 2.84. The van der Waals surface area contributed by atoms with Gasteiger partial charge in [0, 0.05) is 13.1 Å². The Morgan fingerprint density at radius 3 is 1.86 bits per heavy atom. The fourth-order valence-electron chi connectivity index (χ4n) is 1.17. The van der Waals surface area contributed by atoms with Crippen molar-refractivity contribution in [1.29, 1.82) is 0 Å². The van der Waals surface area contributed by atoms with Gasteiger partial charge in [-0.25, -0.2) is 0 Å². The molecule has 1 aliphatic heterocycles. The van der Waals surface area contributed by atoms with Crippen LogP contribution in [0.3, 0.4) is 0 Å². The van der Waals surface area contributed by atoms with E-state index in [9.17, 15) is 9.59 Å². The molecule has 76 valence electrons. The summed E-state index contributed by atoms with van der Waals surface area (Å²) in [5.41, 5.74) is 2.68. The lowest BCUT2D eigenvalue weighted by atomic mass is 10.3. The first-order valence-electron chi connectivity index (χ1n) is 4.33. The van der Waals surface area contributed by atoms with E-state index >= 15 is 0 Å². The third-order valence-electron chi connectivity index (χ3n) is 1.89. The molecule has 1 fully saturated rings. The molecule has 1 rings (SSSR count). The first kappa shape index (κ1) is 10.5. The van der Waals surface area contributed by atoms with Crippen molar-refractivity contribution in [1.82, 2.24) is 15.6 Å². The second kappa shape index (κ2) is 4.57. The van der Waals surface area contributed by atoms with E-state index in [-0.39, 0.29) is 11.8 Å². The van der Waals surface area contributed by atoms with E-state index in [1.807, 2.05) is 0 Å². The van der Waals surface area contributed by atoms with Crippen molar-refractivity contribution in [3.05, 3.63) is 25.3 Å². The summed E-state index contributed by atoms with van der Waals surface area (Å²) in [7, 11) is 0. The van der Waals surface area contributed by atoms with Crippen molar-refractivity contribution in [2.45, 2.75) is 6.42 Å². The average molecular weight is 195 g/mol. The van der Waals surface area contributed by atoms with Gasteiger partial charge in [0.05, 0.1) is 0 Å². The molecule has 5 nitrogen and oxygen atoms in total. The Morgan fingerprint density at radius 1 is 1.07 bits per heavy atom. The number of nitrogens with one attached hydrogen (secondary N) is 1. The molecule has 2 amide bonds. The number of hydrogen-bond donors (Lipinski definition) is 1. The van der Waals surface area contributed by atoms with Crippen molar-refractivity contribution in [2.75, 3.05) is 13.1 Å². The zero-order valence-corrected chi connectivity index (χ0v) is 7.90. The maximum atomic E-state index is 11.2. The minimum atomic E-state index is -0.244. The quantitative estimate of drug-likeness (QED) is 0.623. The smallest absolute Gasteiger partial charge is 0.261 e. The van der Waals surface area contributed by atoms with Crippen LogP contribution in [0.4, 0.5) is 0 Å². The standard InChI is InChI=1S/C9H13N3O2/c1-3-8(13)11-6-5-7-12(10-11)9(14)4-2/h3-4,10H,1-2,5-7H2. The molecule has 1 heterocycles. The van der Waals surface area contributed by atoms with E-state index in [0.29, 0.717) is 13.1 Å². The Morgan fingerprint density at radius 2 is 1.50 bits per heavy atom. The molecule has 0 aromatic heterocycles. The number of rotatable bonds is 2. The van der Waals surface area contributed by atoms with Crippen LogP contribution in [0.15, 0.2) is 25.3 Å². The third kappa shape index (κ3) is 2.20. The lowest BCUT2D eigenvalue weighted by Crippen LogP contribution is -2.58. The highest BCUT2D eigenvalue weighted by Gasteiger charge is 2.21. The van der Waals surface area contributed by atoms with Crippen LogP contribution in [-0.4, -0.2) is 34.9 Å². The van der Waals surface area contributed by atoms with Gasteiger partial charge in [0.1, 0.15) is 0 Å². The summed E-state index contributed by atoms with van der Waals surface area (Å²) in [6.07, 6.45) is 3.15. The van der Waals surface area contributed by atoms with Crippen LogP contribution < -0.4 is 5.53 Å². The molecular formula is C9H13N3O2. The molecule has 1 N–H and O–H groups in total. The molecule has 0 bridgehead atoms. The molecule has 5 heteroatoms. The predicted molar refractivity (Wildman–Crippen MR) is 51.6 cm³/mol. The van der Waals surface area contributed by atoms with Crippen LogP contribution in [-0.2, 0) is 9.59 Å². The van der Waals surface area contributed by atoms with Gasteiger partial charge >= 0.3 is 0 Å². The van der Waals surface area contributed by atoms with E-state index in [4.69, 9.17) is 0 Å². The van der Waals surface area contributed by atoms with E-state index in [2.05, 4.69) is 18.7 Å². The number of carbonyl (C=O) groups excluding carboxylic acids is 2. The van der Waals surface area contributed by atoms with Crippen molar-refractivity contribution in [2.24, 2.45) is 0 Å². The summed E-state index contributed by atoms with van der Waals surface area (Å²) < 4.78 is 0. The molecule has 14 heavy (non-hydrogen) atoms. The van der Waals surface area contributed by atoms with Crippen LogP contribution >= 0.6 is 0 Å². The number of hydrazine groups is 2. The SMILES string of the molecule is C=CC(=O)N1CCCN(C(=O)C=C)N1. The fraction of sp³-hybridized carbons (Fsp3) is 0.333. The minimum absolute atomic E-state index is 0.244. The van der Waals surface area contributed by atoms with Gasteiger partial charge in [-0.1, -0.05) is 13.2 Å². The molecule has 0 radical (unpaired) electrons. The van der Waals surface area contributed by atoms with Gasteiger partial charge in [-0.3, -0.25) is 19.6 Å². The van der Waals surface area contributed by atoms with Gasteiger partial charge in [-0.05, 0) is 18.6 Å². The van der Waals surface area contributed by atoms with E-state index in [0.717, 1.165) is 6.42 Å². The molecule has 0 unspecified atom stereocenters. The van der Waals surface area contributed by atoms with Gasteiger partial charge in [0.25, 0.3) is 11.8 Å². The van der Waals surface area contributed by atoms with Gasteiger partial charge in [0.15, 0.2) is 0 Å². The third-order valence-corrected chi connectivity index (χ3v) is 1.89. The van der Waals surface area contributed by atoms with Gasteiger partial charge in [-0.15, -0.1) is 5.53 Å². The fourth-order valence-corrected chi connectivity index (χ4v) is 1.17. The lowest BCUT2D eigenvalue weighted by Gasteiger charge is -2.34. The zero-order chi connectivity index (χ0) is 10.6. The average Bonchev–Trinajstić information content (AvgIpc) is 2.27. The van der Waals surface area contributed by atoms with Gasteiger partial charge in [0.2, 0.25) is 0 Å². The molecule has 0 atom stereocenters. The van der Waals surface area contributed by atoms with E-state index in [1.165, 1.54) is 22.2 Å². The van der Waals surface area contributed by atoms with Crippen LogP contribution in [0.25, 0.3) is 0 Å². The Bertz CT molecular complexity index is 249. The molecule has 0 aliphatic carbocycles. The second-order valence-electron chi connectivity index (χ2n) is 2.84. The number of hydrogen-bond acceptors (Lipinski definition) is 3. The Kier molecular flexibility index (Phi) is 3.41. The summed E-state index contributed by atoms with van der Waals surface area (Å²) in [5.74, 6) is -0.488. The molecule has 1 saturated heterocycles. The van der Waals surface area contributed by atoms with Crippen LogP contribution in [0.2, 0.25) is 0 Å². The van der Waals surface area contributed by atoms with Crippen molar-refractivity contribution in [3.63, 3.8) is 0 Å². The molecule has 0 aromatic carbocycles. The van der Waals surface area contributed by atoms with Crippen molar-refractivity contribution >= 4 is 11.8 Å². The maximum Gasteiger partial charge on any atom is 0.261 e. The number of amides is 2. The Balaban J connectivity index is 2.59. The first-order chi connectivity index (χ1) is 6.69. The summed E-state index contributed by atoms with van der Waals surface area (Å²) >= 11 is 0. The van der Waals surface area contributed by atoms with Crippen LogP contribution in [0.1, 0.15) is 6.42 Å². The molecule has 0 spiro atoms. The van der Waals surface area contributed by atoms with E-state index < -0.39 is 0 Å². The highest BCUT2D eigenvalue weighted by molar-refractivity contribution is 5.88. The van der Waals surface area contributed by atoms with Gasteiger partial charge < -0.3 is 0 Å². The normalized spacial score (nSPS) is 16.3. The summed E-state index contributed by atoms with van der Waals surface area (Å²) in [6.45, 7) is 7.89. The minimum Gasteiger partial charge on any atom is -0.268 e. The van der Waals surface area contributed by atoms with Crippen molar-refractivity contribution in [3.8, 4) is 0 Å². The highest BCUT2D eigenvalue weighted by Crippen LogP contribution is 2.01. The van der Waals surface area contributed by atoms with E-state index in [1.54, 1.807) is 0 Å². The molecule has 1 aliphatic rings. The molecule has 0 aromatic rings. The monoisotopic (exact) mass is 195 g/mol. The molecular weight excluding hydrogens is 182 g/mol. The number of carbonyl (C=O) groups is 2. The van der Waals surface area contributed by atoms with Crippen molar-refractivity contribution < 1.29 is 9.59 Å². The largest absolute Gasteiger partial charge is 0.268 e. The predicted octanol–water partition coefficient (Wildman–Crippen LogP) is -0.161. The van der Waals surface area contributed by atoms with Crippen LogP contribution in [0.5, 0.6) is 0 Å². The topological polar surface area (TPSA) is 52.7 Å². The number of nitrogens with zero attached hydrogens (tertiary/aromatic N) is 2. The summed E-state index contributed by atoms with van der Waals surface area (Å²) in [5, 5.41) is 2.69. The summed E-state index contributed by atoms with van der Waals surface area (Å²) in [4.78, 5) is 22.4. The Labute approximate surface area is 82.6 Å². The highest BCUT2D eigenvalue weighted by atomic mass is 16.2. The lowest BCUT2D eigenvalue weighted by molar-refractivity contribution is -0.148. The van der Waals surface area contributed by atoms with Crippen LogP contribution in [0, 0.1) is 0 Å². The van der Waals surface area contributed by atoms with Gasteiger partial charge in [-0.2, -0.15) is 0 Å². The zero-order valence-electron chi connectivity index (χ0n) is 7.90.